The molecule has 0 aliphatic heterocycles. The predicted octanol–water partition coefficient (Wildman–Crippen LogP) is 1.73. The normalized spacial score (nSPS) is 9.88. The summed E-state index contributed by atoms with van der Waals surface area (Å²) in [6, 6.07) is 3.33. The zero-order chi connectivity index (χ0) is 13.2. The first-order valence-corrected chi connectivity index (χ1v) is 5.23. The minimum atomic E-state index is -0.403. The third kappa shape index (κ3) is 2.58. The second-order valence-electron chi connectivity index (χ2n) is 4.06. The van der Waals surface area contributed by atoms with Crippen molar-refractivity contribution in [2.75, 3.05) is 7.05 Å². The van der Waals surface area contributed by atoms with E-state index in [-0.39, 0.29) is 5.78 Å². The van der Waals surface area contributed by atoms with Crippen LogP contribution in [0.15, 0.2) is 12.1 Å². The molecule has 90 valence electrons. The highest BCUT2D eigenvalue weighted by atomic mass is 16.2. The molecule has 0 radical (unpaired) electrons. The van der Waals surface area contributed by atoms with Crippen LogP contribution in [0, 0.1) is 13.8 Å². The van der Waals surface area contributed by atoms with Crippen LogP contribution in [-0.4, -0.2) is 30.0 Å². The molecule has 1 aromatic carbocycles. The average molecular weight is 233 g/mol. The van der Waals surface area contributed by atoms with E-state index >= 15 is 0 Å². The molecular formula is C13H15NO3. The fraction of sp³-hybridized carbons (Fsp3) is 0.308. The highest BCUT2D eigenvalue weighted by molar-refractivity contribution is 6.04. The van der Waals surface area contributed by atoms with Gasteiger partial charge in [0.05, 0.1) is 0 Å². The van der Waals surface area contributed by atoms with Gasteiger partial charge in [-0.3, -0.25) is 19.3 Å². The number of hydrogen-bond acceptors (Lipinski definition) is 3. The molecule has 4 heteroatoms. The summed E-state index contributed by atoms with van der Waals surface area (Å²) in [4.78, 5) is 34.8. The molecule has 0 aliphatic rings. The van der Waals surface area contributed by atoms with Crippen molar-refractivity contribution in [2.45, 2.75) is 20.8 Å². The second kappa shape index (κ2) is 4.91. The smallest absolute Gasteiger partial charge is 0.260 e. The van der Waals surface area contributed by atoms with Gasteiger partial charge in [0, 0.05) is 18.2 Å². The summed E-state index contributed by atoms with van der Waals surface area (Å²) in [5.41, 5.74) is 2.49. The summed E-state index contributed by atoms with van der Waals surface area (Å²) >= 11 is 0. The van der Waals surface area contributed by atoms with E-state index in [1.165, 1.54) is 14.0 Å². The molecule has 0 heterocycles. The lowest BCUT2D eigenvalue weighted by atomic mass is 9.97. The van der Waals surface area contributed by atoms with Crippen LogP contribution in [0.3, 0.4) is 0 Å². The molecule has 1 aromatic rings. The molecule has 0 unspecified atom stereocenters. The van der Waals surface area contributed by atoms with Gasteiger partial charge in [0.15, 0.2) is 5.78 Å². The summed E-state index contributed by atoms with van der Waals surface area (Å²) in [6.07, 6.45) is 0.453. The Hall–Kier alpha value is -1.97. The van der Waals surface area contributed by atoms with Gasteiger partial charge in [0.1, 0.15) is 0 Å². The minimum Gasteiger partial charge on any atom is -0.295 e. The van der Waals surface area contributed by atoms with Crippen LogP contribution < -0.4 is 0 Å². The Kier molecular flexibility index (Phi) is 3.78. The molecule has 0 saturated carbocycles. The van der Waals surface area contributed by atoms with E-state index in [0.29, 0.717) is 17.5 Å². The maximum absolute atomic E-state index is 11.9. The van der Waals surface area contributed by atoms with Crippen molar-refractivity contribution >= 4 is 18.1 Å². The number of hydrogen-bond donors (Lipinski definition) is 0. The van der Waals surface area contributed by atoms with Crippen LogP contribution in [-0.2, 0) is 4.79 Å². The molecule has 2 amide bonds. The third-order valence-electron chi connectivity index (χ3n) is 2.66. The van der Waals surface area contributed by atoms with Gasteiger partial charge < -0.3 is 0 Å². The van der Waals surface area contributed by atoms with Gasteiger partial charge in [-0.05, 0) is 38.0 Å². The van der Waals surface area contributed by atoms with Gasteiger partial charge in [0.25, 0.3) is 5.91 Å². The maximum Gasteiger partial charge on any atom is 0.260 e. The second-order valence-corrected chi connectivity index (χ2v) is 4.06. The largest absolute Gasteiger partial charge is 0.295 e. The number of ketones is 1. The number of carbonyl (C=O) groups excluding carboxylic acids is 3. The first-order valence-electron chi connectivity index (χ1n) is 5.23. The van der Waals surface area contributed by atoms with E-state index in [9.17, 15) is 14.4 Å². The van der Waals surface area contributed by atoms with E-state index in [0.717, 1.165) is 16.0 Å². The summed E-state index contributed by atoms with van der Waals surface area (Å²) < 4.78 is 0. The highest BCUT2D eigenvalue weighted by Crippen LogP contribution is 2.17. The molecule has 1 rings (SSSR count). The zero-order valence-electron chi connectivity index (χ0n) is 10.4. The van der Waals surface area contributed by atoms with Crippen molar-refractivity contribution in [1.29, 1.82) is 0 Å². The molecule has 0 bridgehead atoms. The fourth-order valence-corrected chi connectivity index (χ4v) is 1.70. The molecular weight excluding hydrogens is 218 g/mol. The summed E-state index contributed by atoms with van der Waals surface area (Å²) in [5, 5.41) is 0. The number of aryl methyl sites for hydroxylation is 2. The quantitative estimate of drug-likeness (QED) is 0.590. The van der Waals surface area contributed by atoms with E-state index in [2.05, 4.69) is 0 Å². The lowest BCUT2D eigenvalue weighted by molar-refractivity contribution is -0.115. The molecule has 0 spiro atoms. The average Bonchev–Trinajstić information content (AvgIpc) is 2.26. The highest BCUT2D eigenvalue weighted by Gasteiger charge is 2.16. The van der Waals surface area contributed by atoms with Crippen molar-refractivity contribution in [3.05, 3.63) is 34.4 Å². The van der Waals surface area contributed by atoms with Crippen molar-refractivity contribution in [3.8, 4) is 0 Å². The number of Topliss-reactive ketones (excluding diaryl/α,β-unsaturated/α-hetero) is 1. The molecule has 0 atom stereocenters. The van der Waals surface area contributed by atoms with Gasteiger partial charge in [-0.1, -0.05) is 6.07 Å². The van der Waals surface area contributed by atoms with Gasteiger partial charge in [-0.15, -0.1) is 0 Å². The molecule has 4 nitrogen and oxygen atoms in total. The van der Waals surface area contributed by atoms with Crippen molar-refractivity contribution in [1.82, 2.24) is 4.90 Å². The lowest BCUT2D eigenvalue weighted by Crippen LogP contribution is -2.26. The van der Waals surface area contributed by atoms with Crippen LogP contribution in [0.5, 0.6) is 0 Å². The van der Waals surface area contributed by atoms with E-state index < -0.39 is 5.91 Å². The molecule has 0 N–H and O–H groups in total. The third-order valence-corrected chi connectivity index (χ3v) is 2.66. The number of rotatable bonds is 3. The Morgan fingerprint density at radius 3 is 2.12 bits per heavy atom. The van der Waals surface area contributed by atoms with Crippen LogP contribution >= 0.6 is 0 Å². The first kappa shape index (κ1) is 13.1. The SMILES string of the molecule is CC(=O)c1cc(C(=O)N(C)C=O)c(C)cc1C. The molecule has 0 aliphatic carbocycles. The summed E-state index contributed by atoms with van der Waals surface area (Å²) in [7, 11) is 1.39. The zero-order valence-corrected chi connectivity index (χ0v) is 10.4. The number of amides is 2. The molecule has 0 fully saturated rings. The summed E-state index contributed by atoms with van der Waals surface area (Å²) in [6.45, 7) is 5.06. The number of imide groups is 1. The number of carbonyl (C=O) groups is 3. The van der Waals surface area contributed by atoms with Crippen molar-refractivity contribution in [2.24, 2.45) is 0 Å². The van der Waals surface area contributed by atoms with E-state index in [1.54, 1.807) is 19.1 Å². The standard InChI is InChI=1S/C13H15NO3/c1-8-5-9(2)12(6-11(8)10(3)16)13(17)14(4)7-15/h5-7H,1-4H3. The lowest BCUT2D eigenvalue weighted by Gasteiger charge is -2.13. The van der Waals surface area contributed by atoms with Gasteiger partial charge in [-0.2, -0.15) is 0 Å². The maximum atomic E-state index is 11.9. The van der Waals surface area contributed by atoms with Crippen LogP contribution in [0.25, 0.3) is 0 Å². The van der Waals surface area contributed by atoms with Crippen LogP contribution in [0.4, 0.5) is 0 Å². The molecule has 0 aromatic heterocycles. The van der Waals surface area contributed by atoms with Crippen LogP contribution in [0.1, 0.15) is 38.8 Å². The van der Waals surface area contributed by atoms with Crippen molar-refractivity contribution < 1.29 is 14.4 Å². The minimum absolute atomic E-state index is 0.0923. The van der Waals surface area contributed by atoms with E-state index in [1.807, 2.05) is 6.92 Å². The summed E-state index contributed by atoms with van der Waals surface area (Å²) in [5.74, 6) is -0.495. The predicted molar refractivity (Wildman–Crippen MR) is 64.1 cm³/mol. The van der Waals surface area contributed by atoms with Gasteiger partial charge >= 0.3 is 0 Å². The number of benzene rings is 1. The van der Waals surface area contributed by atoms with E-state index in [4.69, 9.17) is 0 Å². The van der Waals surface area contributed by atoms with Gasteiger partial charge in [-0.25, -0.2) is 0 Å². The molecule has 0 saturated heterocycles. The first-order chi connectivity index (χ1) is 7.88. The Morgan fingerprint density at radius 2 is 1.65 bits per heavy atom. The van der Waals surface area contributed by atoms with Crippen LogP contribution in [0.2, 0.25) is 0 Å². The van der Waals surface area contributed by atoms with Gasteiger partial charge in [0.2, 0.25) is 6.41 Å². The number of nitrogens with zero attached hydrogens (tertiary/aromatic N) is 1. The Morgan fingerprint density at radius 1 is 1.12 bits per heavy atom. The monoisotopic (exact) mass is 233 g/mol. The van der Waals surface area contributed by atoms with Crippen molar-refractivity contribution in [3.63, 3.8) is 0 Å². The Bertz CT molecular complexity index is 492. The molecule has 17 heavy (non-hydrogen) atoms. The topological polar surface area (TPSA) is 54.5 Å². The fourth-order valence-electron chi connectivity index (χ4n) is 1.70. The Balaban J connectivity index is 3.34. The Labute approximate surface area is 100 Å².